The highest BCUT2D eigenvalue weighted by atomic mass is 16.5. The van der Waals surface area contributed by atoms with Crippen molar-refractivity contribution in [3.05, 3.63) is 23.9 Å². The summed E-state index contributed by atoms with van der Waals surface area (Å²) < 4.78 is 5.70. The Morgan fingerprint density at radius 1 is 1.27 bits per heavy atom. The SMILES string of the molecule is Cc1cccc(N2C[C@@H](C)O[C@@H](C)C2)n1. The third-order valence-electron chi connectivity index (χ3n) is 2.62. The number of ether oxygens (including phenoxy) is 1. The van der Waals surface area contributed by atoms with Crippen LogP contribution in [0.1, 0.15) is 19.5 Å². The largest absolute Gasteiger partial charge is 0.372 e. The van der Waals surface area contributed by atoms with Gasteiger partial charge in [0.15, 0.2) is 0 Å². The number of morpholine rings is 1. The first-order valence-electron chi connectivity index (χ1n) is 5.49. The molecule has 15 heavy (non-hydrogen) atoms. The Bertz CT molecular complexity index is 330. The summed E-state index contributed by atoms with van der Waals surface area (Å²) in [7, 11) is 0. The van der Waals surface area contributed by atoms with Gasteiger partial charge in [-0.3, -0.25) is 0 Å². The molecule has 0 saturated carbocycles. The van der Waals surface area contributed by atoms with Crippen molar-refractivity contribution < 1.29 is 4.74 Å². The van der Waals surface area contributed by atoms with E-state index in [0.717, 1.165) is 24.6 Å². The minimum Gasteiger partial charge on any atom is -0.372 e. The average molecular weight is 206 g/mol. The van der Waals surface area contributed by atoms with Gasteiger partial charge in [-0.1, -0.05) is 6.07 Å². The summed E-state index contributed by atoms with van der Waals surface area (Å²) in [4.78, 5) is 6.83. The molecule has 1 aliphatic rings. The Kier molecular flexibility index (Phi) is 2.91. The van der Waals surface area contributed by atoms with Crippen molar-refractivity contribution in [2.24, 2.45) is 0 Å². The summed E-state index contributed by atoms with van der Waals surface area (Å²) in [5, 5.41) is 0. The van der Waals surface area contributed by atoms with Crippen LogP contribution < -0.4 is 4.90 Å². The van der Waals surface area contributed by atoms with Gasteiger partial charge in [0.1, 0.15) is 5.82 Å². The van der Waals surface area contributed by atoms with E-state index >= 15 is 0 Å². The topological polar surface area (TPSA) is 25.4 Å². The highest BCUT2D eigenvalue weighted by molar-refractivity contribution is 5.39. The highest BCUT2D eigenvalue weighted by Gasteiger charge is 2.22. The second-order valence-electron chi connectivity index (χ2n) is 4.30. The third-order valence-corrected chi connectivity index (χ3v) is 2.62. The zero-order valence-corrected chi connectivity index (χ0v) is 9.60. The van der Waals surface area contributed by atoms with Crippen LogP contribution in [0, 0.1) is 6.92 Å². The number of hydrogen-bond acceptors (Lipinski definition) is 3. The molecule has 1 aromatic rings. The van der Waals surface area contributed by atoms with Gasteiger partial charge < -0.3 is 9.64 Å². The molecule has 0 radical (unpaired) electrons. The molecule has 0 bridgehead atoms. The molecule has 3 heteroatoms. The van der Waals surface area contributed by atoms with E-state index < -0.39 is 0 Å². The van der Waals surface area contributed by atoms with Crippen LogP contribution in [-0.4, -0.2) is 30.3 Å². The summed E-state index contributed by atoms with van der Waals surface area (Å²) >= 11 is 0. The molecule has 82 valence electrons. The third kappa shape index (κ3) is 2.48. The molecule has 0 amide bonds. The number of aryl methyl sites for hydroxylation is 1. The van der Waals surface area contributed by atoms with Gasteiger partial charge in [-0.2, -0.15) is 0 Å². The van der Waals surface area contributed by atoms with Gasteiger partial charge in [-0.05, 0) is 32.9 Å². The minimum atomic E-state index is 0.288. The highest BCUT2D eigenvalue weighted by Crippen LogP contribution is 2.18. The first-order chi connectivity index (χ1) is 7.15. The second kappa shape index (κ2) is 4.19. The van der Waals surface area contributed by atoms with Crippen molar-refractivity contribution in [1.82, 2.24) is 4.98 Å². The Morgan fingerprint density at radius 2 is 1.93 bits per heavy atom. The zero-order chi connectivity index (χ0) is 10.8. The van der Waals surface area contributed by atoms with Crippen molar-refractivity contribution in [3.8, 4) is 0 Å². The first-order valence-corrected chi connectivity index (χ1v) is 5.49. The lowest BCUT2D eigenvalue weighted by atomic mass is 10.2. The molecule has 2 atom stereocenters. The van der Waals surface area contributed by atoms with E-state index in [2.05, 4.69) is 35.9 Å². The van der Waals surface area contributed by atoms with Gasteiger partial charge in [0.25, 0.3) is 0 Å². The number of pyridine rings is 1. The zero-order valence-electron chi connectivity index (χ0n) is 9.60. The van der Waals surface area contributed by atoms with Crippen LogP contribution in [0.3, 0.4) is 0 Å². The smallest absolute Gasteiger partial charge is 0.128 e. The normalized spacial score (nSPS) is 26.7. The quantitative estimate of drug-likeness (QED) is 0.702. The molecule has 2 heterocycles. The van der Waals surface area contributed by atoms with Crippen molar-refractivity contribution >= 4 is 5.82 Å². The standard InChI is InChI=1S/C12H18N2O/c1-9-5-4-6-12(13-9)14-7-10(2)15-11(3)8-14/h4-6,10-11H,7-8H2,1-3H3/t10-,11+. The van der Waals surface area contributed by atoms with Crippen LogP contribution in [0.2, 0.25) is 0 Å². The van der Waals surface area contributed by atoms with Gasteiger partial charge in [-0.25, -0.2) is 4.98 Å². The van der Waals surface area contributed by atoms with Crippen LogP contribution in [0.15, 0.2) is 18.2 Å². The lowest BCUT2D eigenvalue weighted by Gasteiger charge is -2.36. The summed E-state index contributed by atoms with van der Waals surface area (Å²) in [5.41, 5.74) is 1.07. The van der Waals surface area contributed by atoms with Crippen LogP contribution in [0.4, 0.5) is 5.82 Å². The van der Waals surface area contributed by atoms with Crippen LogP contribution in [0.5, 0.6) is 0 Å². The van der Waals surface area contributed by atoms with Crippen molar-refractivity contribution in [2.75, 3.05) is 18.0 Å². The van der Waals surface area contributed by atoms with Gasteiger partial charge in [0, 0.05) is 18.8 Å². The van der Waals surface area contributed by atoms with Crippen LogP contribution in [-0.2, 0) is 4.74 Å². The summed E-state index contributed by atoms with van der Waals surface area (Å²) in [5.74, 6) is 1.07. The predicted octanol–water partition coefficient (Wildman–Crippen LogP) is 2.00. The maximum atomic E-state index is 5.70. The fraction of sp³-hybridized carbons (Fsp3) is 0.583. The summed E-state index contributed by atoms with van der Waals surface area (Å²) in [6, 6.07) is 6.15. The van der Waals surface area contributed by atoms with Gasteiger partial charge in [0.05, 0.1) is 12.2 Å². The molecule has 2 rings (SSSR count). The lowest BCUT2D eigenvalue weighted by Crippen LogP contribution is -2.45. The fourth-order valence-corrected chi connectivity index (χ4v) is 2.07. The van der Waals surface area contributed by atoms with Crippen molar-refractivity contribution in [3.63, 3.8) is 0 Å². The van der Waals surface area contributed by atoms with Gasteiger partial charge in [0.2, 0.25) is 0 Å². The van der Waals surface area contributed by atoms with Crippen molar-refractivity contribution in [2.45, 2.75) is 33.0 Å². The molecular formula is C12H18N2O. The number of anilines is 1. The van der Waals surface area contributed by atoms with Crippen molar-refractivity contribution in [1.29, 1.82) is 0 Å². The van der Waals surface area contributed by atoms with E-state index in [-0.39, 0.29) is 12.2 Å². The maximum absolute atomic E-state index is 5.70. The van der Waals surface area contributed by atoms with E-state index in [9.17, 15) is 0 Å². The number of aromatic nitrogens is 1. The first kappa shape index (κ1) is 10.4. The van der Waals surface area contributed by atoms with E-state index in [1.54, 1.807) is 0 Å². The van der Waals surface area contributed by atoms with E-state index in [0.29, 0.717) is 0 Å². The molecule has 3 nitrogen and oxygen atoms in total. The Balaban J connectivity index is 2.16. The predicted molar refractivity (Wildman–Crippen MR) is 61.2 cm³/mol. The van der Waals surface area contributed by atoms with E-state index in [4.69, 9.17) is 4.74 Å². The molecule has 1 fully saturated rings. The number of rotatable bonds is 1. The molecule has 1 saturated heterocycles. The molecule has 1 aliphatic heterocycles. The van der Waals surface area contributed by atoms with Gasteiger partial charge >= 0.3 is 0 Å². The van der Waals surface area contributed by atoms with Crippen LogP contribution >= 0.6 is 0 Å². The second-order valence-corrected chi connectivity index (χ2v) is 4.30. The Labute approximate surface area is 91.1 Å². The number of nitrogens with zero attached hydrogens (tertiary/aromatic N) is 2. The molecule has 0 aliphatic carbocycles. The lowest BCUT2D eigenvalue weighted by molar-refractivity contribution is -0.00546. The summed E-state index contributed by atoms with van der Waals surface area (Å²) in [6.07, 6.45) is 0.576. The van der Waals surface area contributed by atoms with Crippen LogP contribution in [0.25, 0.3) is 0 Å². The molecule has 0 spiro atoms. The Hall–Kier alpha value is -1.09. The molecular weight excluding hydrogens is 188 g/mol. The molecule has 0 aromatic carbocycles. The van der Waals surface area contributed by atoms with Gasteiger partial charge in [-0.15, -0.1) is 0 Å². The molecule has 0 N–H and O–H groups in total. The summed E-state index contributed by atoms with van der Waals surface area (Å²) in [6.45, 7) is 8.11. The van der Waals surface area contributed by atoms with E-state index in [1.165, 1.54) is 0 Å². The molecule has 0 unspecified atom stereocenters. The average Bonchev–Trinajstić information content (AvgIpc) is 2.16. The Morgan fingerprint density at radius 3 is 2.53 bits per heavy atom. The monoisotopic (exact) mass is 206 g/mol. The number of hydrogen-bond donors (Lipinski definition) is 0. The van der Waals surface area contributed by atoms with E-state index in [1.807, 2.05) is 13.0 Å². The maximum Gasteiger partial charge on any atom is 0.128 e. The minimum absolute atomic E-state index is 0.288. The molecule has 1 aromatic heterocycles. The fourth-order valence-electron chi connectivity index (χ4n) is 2.07.